The number of anilines is 2. The average Bonchev–Trinajstić information content (AvgIpc) is 3.46. The fourth-order valence-electron chi connectivity index (χ4n) is 6.11. The number of carbonyl (C=O) groups excluding carboxylic acids is 2. The Morgan fingerprint density at radius 1 is 1.21 bits per heavy atom. The van der Waals surface area contributed by atoms with Gasteiger partial charge in [0.15, 0.2) is 0 Å². The lowest BCUT2D eigenvalue weighted by atomic mass is 9.76. The maximum atomic E-state index is 14.7. The van der Waals surface area contributed by atoms with Gasteiger partial charge in [-0.3, -0.25) is 9.59 Å². The van der Waals surface area contributed by atoms with Crippen LogP contribution in [0.1, 0.15) is 43.4 Å². The molecule has 47 heavy (non-hydrogen) atoms. The van der Waals surface area contributed by atoms with E-state index in [2.05, 4.69) is 27.2 Å². The summed E-state index contributed by atoms with van der Waals surface area (Å²) in [6, 6.07) is 11.8. The molecule has 2 saturated heterocycles. The number of hydrogen-bond acceptors (Lipinski definition) is 9. The number of piperidine rings is 1. The smallest absolute Gasteiger partial charge is 0.429 e. The Balaban J connectivity index is 1.38. The summed E-state index contributed by atoms with van der Waals surface area (Å²) in [6.07, 6.45) is -4.00. The first-order valence-electron chi connectivity index (χ1n) is 15.2. The van der Waals surface area contributed by atoms with Crippen molar-refractivity contribution in [2.24, 2.45) is 5.41 Å². The van der Waals surface area contributed by atoms with Crippen LogP contribution in [0.3, 0.4) is 0 Å². The molecule has 1 spiro atoms. The predicted molar refractivity (Wildman–Crippen MR) is 172 cm³/mol. The van der Waals surface area contributed by atoms with Crippen LogP contribution in [0.4, 0.5) is 24.9 Å². The van der Waals surface area contributed by atoms with Crippen LogP contribution in [0.5, 0.6) is 5.88 Å². The van der Waals surface area contributed by atoms with E-state index in [1.54, 1.807) is 31.2 Å². The van der Waals surface area contributed by atoms with Gasteiger partial charge in [-0.05, 0) is 72.6 Å². The Hall–Kier alpha value is -4.36. The molecule has 0 saturated carbocycles. The number of hydrogen-bond donors (Lipinski definition) is 3. The monoisotopic (exact) mass is 672 g/mol. The number of rotatable bonds is 10. The number of nitrogens with zero attached hydrogens (tertiary/aromatic N) is 3. The van der Waals surface area contributed by atoms with E-state index in [0.717, 1.165) is 18.9 Å². The van der Waals surface area contributed by atoms with Gasteiger partial charge in [0.05, 0.1) is 6.61 Å². The standard InChI is InChI=1S/C33H36ClF3N6O4/c1-3-27(44)39-18-20-6-5-7-21(14-20)24-15-22(34)8-9-23(24)29(33(35,36)37)47-28-16-26(41-31(38)42-28)43-12-10-32(11-13-43)17-25(40-19-32)30(45)46-4-2/h3,5-9,14-16,25,29,40H,1,4,10-13,17-19H2,2H3,(H,39,44)(H2,38,41,42)/t25-,29?/m0/s1. The molecule has 10 nitrogen and oxygen atoms in total. The second kappa shape index (κ2) is 14.2. The molecule has 5 rings (SSSR count). The average molecular weight is 673 g/mol. The number of nitrogens with one attached hydrogen (secondary N) is 2. The Labute approximate surface area is 275 Å². The van der Waals surface area contributed by atoms with Crippen molar-refractivity contribution in [3.05, 3.63) is 77.3 Å². The van der Waals surface area contributed by atoms with Crippen molar-refractivity contribution in [1.29, 1.82) is 0 Å². The third kappa shape index (κ3) is 8.14. The Morgan fingerprint density at radius 3 is 2.68 bits per heavy atom. The van der Waals surface area contributed by atoms with Gasteiger partial charge < -0.3 is 30.7 Å². The molecular formula is C33H36ClF3N6O4. The molecule has 2 aliphatic heterocycles. The summed E-state index contributed by atoms with van der Waals surface area (Å²) in [5.74, 6) is -0.849. The number of benzene rings is 2. The van der Waals surface area contributed by atoms with Crippen LogP contribution < -0.4 is 26.0 Å². The molecule has 2 fully saturated rings. The van der Waals surface area contributed by atoms with Gasteiger partial charge in [0.25, 0.3) is 0 Å². The molecule has 0 radical (unpaired) electrons. The minimum atomic E-state index is -4.85. The molecule has 14 heteroatoms. The third-order valence-electron chi connectivity index (χ3n) is 8.51. The lowest BCUT2D eigenvalue weighted by Crippen LogP contribution is -2.41. The van der Waals surface area contributed by atoms with Gasteiger partial charge in [0.2, 0.25) is 23.8 Å². The van der Waals surface area contributed by atoms with E-state index in [4.69, 9.17) is 26.8 Å². The summed E-state index contributed by atoms with van der Waals surface area (Å²) in [6.45, 7) is 7.44. The van der Waals surface area contributed by atoms with Crippen LogP contribution >= 0.6 is 11.6 Å². The zero-order valence-corrected chi connectivity index (χ0v) is 26.5. The largest absolute Gasteiger partial charge is 0.465 e. The fraction of sp³-hybridized carbons (Fsp3) is 0.394. The molecule has 1 amide bonds. The number of alkyl halides is 3. The zero-order chi connectivity index (χ0) is 33.8. The zero-order valence-electron chi connectivity index (χ0n) is 25.8. The number of ether oxygens (including phenoxy) is 2. The van der Waals surface area contributed by atoms with Crippen molar-refractivity contribution in [2.45, 2.75) is 51.1 Å². The number of nitrogen functional groups attached to an aromatic ring is 1. The lowest BCUT2D eigenvalue weighted by Gasteiger charge is -2.39. The van der Waals surface area contributed by atoms with E-state index in [1.807, 2.05) is 4.90 Å². The van der Waals surface area contributed by atoms with Crippen LogP contribution in [0.15, 0.2) is 61.2 Å². The van der Waals surface area contributed by atoms with Crippen molar-refractivity contribution in [1.82, 2.24) is 20.6 Å². The number of halogens is 4. The van der Waals surface area contributed by atoms with E-state index in [-0.39, 0.29) is 57.9 Å². The first kappa shape index (κ1) is 34.0. The first-order chi connectivity index (χ1) is 22.4. The summed E-state index contributed by atoms with van der Waals surface area (Å²) in [7, 11) is 0. The Bertz CT molecular complexity index is 1630. The molecule has 2 aliphatic rings. The first-order valence-corrected chi connectivity index (χ1v) is 15.6. The lowest BCUT2D eigenvalue weighted by molar-refractivity contribution is -0.198. The van der Waals surface area contributed by atoms with Gasteiger partial charge in [0, 0.05) is 42.8 Å². The molecule has 4 N–H and O–H groups in total. The number of carbonyl (C=O) groups is 2. The van der Waals surface area contributed by atoms with E-state index >= 15 is 0 Å². The van der Waals surface area contributed by atoms with Gasteiger partial charge in [0.1, 0.15) is 11.9 Å². The maximum absolute atomic E-state index is 14.7. The van der Waals surface area contributed by atoms with E-state index in [9.17, 15) is 22.8 Å². The SMILES string of the molecule is C=CC(=O)NCc1cccc(-c2cc(Cl)ccc2C(Oc2cc(N3CCC4(CC3)CN[C@H](C(=O)OCC)C4)nc(N)n2)C(F)(F)F)c1. The Kier molecular flexibility index (Phi) is 10.3. The van der Waals surface area contributed by atoms with Crippen molar-refractivity contribution in [2.75, 3.05) is 36.9 Å². The van der Waals surface area contributed by atoms with Crippen LogP contribution in [0.25, 0.3) is 11.1 Å². The van der Waals surface area contributed by atoms with Crippen molar-refractivity contribution in [3.8, 4) is 17.0 Å². The summed E-state index contributed by atoms with van der Waals surface area (Å²) in [4.78, 5) is 34.1. The highest BCUT2D eigenvalue weighted by Gasteiger charge is 2.46. The number of aromatic nitrogens is 2. The summed E-state index contributed by atoms with van der Waals surface area (Å²) < 4.78 is 55.0. The highest BCUT2D eigenvalue weighted by atomic mass is 35.5. The molecule has 3 aromatic rings. The normalized spacial score (nSPS) is 18.1. The van der Waals surface area contributed by atoms with Crippen molar-refractivity contribution >= 4 is 35.2 Å². The fourth-order valence-corrected chi connectivity index (χ4v) is 6.29. The quantitative estimate of drug-likeness (QED) is 0.192. The number of amides is 1. The molecular weight excluding hydrogens is 637 g/mol. The summed E-state index contributed by atoms with van der Waals surface area (Å²) >= 11 is 6.26. The molecule has 0 aliphatic carbocycles. The van der Waals surface area contributed by atoms with E-state index in [1.165, 1.54) is 24.3 Å². The third-order valence-corrected chi connectivity index (χ3v) is 8.75. The predicted octanol–water partition coefficient (Wildman–Crippen LogP) is 5.38. The minimum absolute atomic E-state index is 0.0905. The van der Waals surface area contributed by atoms with Crippen molar-refractivity contribution in [3.63, 3.8) is 0 Å². The molecule has 1 unspecified atom stereocenters. The van der Waals surface area contributed by atoms with E-state index in [0.29, 0.717) is 49.6 Å². The van der Waals surface area contributed by atoms with Crippen LogP contribution in [0, 0.1) is 5.41 Å². The number of esters is 1. The van der Waals surface area contributed by atoms with Gasteiger partial charge in [-0.2, -0.15) is 23.1 Å². The molecule has 250 valence electrons. The maximum Gasteiger partial charge on any atom is 0.429 e. The second-order valence-corrected chi connectivity index (χ2v) is 12.1. The highest BCUT2D eigenvalue weighted by Crippen LogP contribution is 2.43. The van der Waals surface area contributed by atoms with E-state index < -0.39 is 12.3 Å². The second-order valence-electron chi connectivity index (χ2n) is 11.7. The van der Waals surface area contributed by atoms with Gasteiger partial charge >= 0.3 is 12.1 Å². The molecule has 2 atom stereocenters. The molecule has 1 aromatic heterocycles. The number of nitrogens with two attached hydrogens (primary N) is 1. The van der Waals surface area contributed by atoms with Crippen LogP contribution in [-0.4, -0.2) is 60.3 Å². The topological polar surface area (TPSA) is 132 Å². The summed E-state index contributed by atoms with van der Waals surface area (Å²) in [5, 5.41) is 6.16. The van der Waals surface area contributed by atoms with Gasteiger partial charge in [-0.1, -0.05) is 42.4 Å². The molecule has 3 heterocycles. The Morgan fingerprint density at radius 2 is 1.98 bits per heavy atom. The minimum Gasteiger partial charge on any atom is -0.465 e. The van der Waals surface area contributed by atoms with Crippen LogP contribution in [-0.2, 0) is 20.9 Å². The summed E-state index contributed by atoms with van der Waals surface area (Å²) in [5.41, 5.74) is 7.01. The van der Waals surface area contributed by atoms with Gasteiger partial charge in [-0.15, -0.1) is 0 Å². The highest BCUT2D eigenvalue weighted by molar-refractivity contribution is 6.30. The van der Waals surface area contributed by atoms with Crippen molar-refractivity contribution < 1.29 is 32.2 Å². The molecule has 0 bridgehead atoms. The van der Waals surface area contributed by atoms with Gasteiger partial charge in [-0.25, -0.2) is 0 Å². The molecule has 2 aromatic carbocycles. The van der Waals surface area contributed by atoms with Crippen LogP contribution in [0.2, 0.25) is 5.02 Å².